The van der Waals surface area contributed by atoms with Gasteiger partial charge in [-0.15, -0.1) is 0 Å². The molecule has 1 aromatic carbocycles. The zero-order valence-electron chi connectivity index (χ0n) is 19.1. The monoisotopic (exact) mass is 483 g/mol. The van der Waals surface area contributed by atoms with Crippen molar-refractivity contribution in [3.8, 4) is 11.4 Å². The quantitative estimate of drug-likeness (QED) is 0.523. The van der Waals surface area contributed by atoms with Crippen LogP contribution in [0.4, 0.5) is 5.13 Å². The fourth-order valence-corrected chi connectivity index (χ4v) is 4.80. The van der Waals surface area contributed by atoms with Gasteiger partial charge in [-0.3, -0.25) is 19.7 Å². The summed E-state index contributed by atoms with van der Waals surface area (Å²) in [6.07, 6.45) is 4.04. The Morgan fingerprint density at radius 1 is 1.29 bits per heavy atom. The number of hydrogen-bond donors (Lipinski definition) is 1. The van der Waals surface area contributed by atoms with E-state index in [0.29, 0.717) is 28.7 Å². The number of ketones is 1. The van der Waals surface area contributed by atoms with Gasteiger partial charge in [0.1, 0.15) is 12.4 Å². The van der Waals surface area contributed by atoms with Crippen molar-refractivity contribution < 1.29 is 23.9 Å². The van der Waals surface area contributed by atoms with Crippen molar-refractivity contribution in [1.82, 2.24) is 19.7 Å². The number of aromatic nitrogens is 3. The molecule has 3 aromatic rings. The first kappa shape index (κ1) is 23.6. The number of carbonyl (C=O) groups excluding carboxylic acids is 3. The van der Waals surface area contributed by atoms with Crippen LogP contribution in [0.2, 0.25) is 0 Å². The summed E-state index contributed by atoms with van der Waals surface area (Å²) in [7, 11) is 4.74. The highest BCUT2D eigenvalue weighted by atomic mass is 32.1. The van der Waals surface area contributed by atoms with Gasteiger partial charge in [-0.05, 0) is 12.1 Å². The number of nitrogens with one attached hydrogen (secondary N) is 1. The summed E-state index contributed by atoms with van der Waals surface area (Å²) < 4.78 is 11.8. The molecular formula is C23H25N5O5S. The highest BCUT2D eigenvalue weighted by molar-refractivity contribution is 7.17. The first-order valence-corrected chi connectivity index (χ1v) is 11.4. The molecule has 178 valence electrons. The van der Waals surface area contributed by atoms with E-state index in [9.17, 15) is 14.4 Å². The Bertz CT molecular complexity index is 1220. The predicted octanol–water partition coefficient (Wildman–Crippen LogP) is 2.33. The summed E-state index contributed by atoms with van der Waals surface area (Å²) in [6.45, 7) is 0.258. The third-order valence-corrected chi connectivity index (χ3v) is 6.50. The Morgan fingerprint density at radius 3 is 2.88 bits per heavy atom. The molecule has 0 saturated heterocycles. The van der Waals surface area contributed by atoms with Gasteiger partial charge in [0, 0.05) is 51.4 Å². The second-order valence-electron chi connectivity index (χ2n) is 7.99. The summed E-state index contributed by atoms with van der Waals surface area (Å²) in [5, 5.41) is 7.35. The van der Waals surface area contributed by atoms with Crippen LogP contribution in [0.1, 0.15) is 27.3 Å². The largest absolute Gasteiger partial charge is 0.497 e. The maximum Gasteiger partial charge on any atom is 0.252 e. The molecule has 11 heteroatoms. The van der Waals surface area contributed by atoms with E-state index >= 15 is 0 Å². The third kappa shape index (κ3) is 5.15. The van der Waals surface area contributed by atoms with Crippen LogP contribution in [0.3, 0.4) is 0 Å². The zero-order valence-corrected chi connectivity index (χ0v) is 19.9. The minimum Gasteiger partial charge on any atom is -0.497 e. The molecule has 0 fully saturated rings. The van der Waals surface area contributed by atoms with E-state index in [2.05, 4.69) is 15.4 Å². The molecule has 0 bridgehead atoms. The zero-order chi connectivity index (χ0) is 24.2. The number of Topliss-reactive ketones (excluding diaryl/α,β-unsaturated/α-hetero) is 1. The lowest BCUT2D eigenvalue weighted by Crippen LogP contribution is -2.36. The lowest BCUT2D eigenvalue weighted by molar-refractivity contribution is -0.134. The van der Waals surface area contributed by atoms with E-state index in [1.165, 1.54) is 7.11 Å². The van der Waals surface area contributed by atoms with Crippen molar-refractivity contribution >= 4 is 34.1 Å². The number of ether oxygens (including phenoxy) is 2. The highest BCUT2D eigenvalue weighted by Gasteiger charge is 2.34. The molecule has 34 heavy (non-hydrogen) atoms. The molecule has 0 spiro atoms. The number of benzene rings is 1. The number of nitrogens with zero attached hydrogens (tertiary/aromatic N) is 4. The first-order chi connectivity index (χ1) is 16.4. The van der Waals surface area contributed by atoms with Crippen molar-refractivity contribution in [2.45, 2.75) is 19.4 Å². The van der Waals surface area contributed by atoms with Crippen molar-refractivity contribution in [1.29, 1.82) is 0 Å². The Kier molecular flexibility index (Phi) is 7.03. The summed E-state index contributed by atoms with van der Waals surface area (Å²) in [5.74, 6) is -0.382. The fraction of sp³-hybridized carbons (Fsp3) is 0.348. The Balaban J connectivity index is 1.41. The highest BCUT2D eigenvalue weighted by Crippen LogP contribution is 2.33. The van der Waals surface area contributed by atoms with Crippen LogP contribution in [-0.4, -0.2) is 65.1 Å². The fourth-order valence-electron chi connectivity index (χ4n) is 3.84. The summed E-state index contributed by atoms with van der Waals surface area (Å²) in [4.78, 5) is 44.0. The lowest BCUT2D eigenvalue weighted by Gasteiger charge is -2.25. The Morgan fingerprint density at radius 2 is 2.12 bits per heavy atom. The van der Waals surface area contributed by atoms with Crippen LogP contribution in [0, 0.1) is 5.92 Å². The number of amides is 2. The molecule has 10 nitrogen and oxygen atoms in total. The number of fused-ring (bicyclic) bond motifs is 1. The smallest absolute Gasteiger partial charge is 0.252 e. The van der Waals surface area contributed by atoms with Crippen LogP contribution in [0.5, 0.6) is 5.75 Å². The molecule has 1 N–H and O–H groups in total. The third-order valence-electron chi connectivity index (χ3n) is 5.44. The van der Waals surface area contributed by atoms with Gasteiger partial charge in [-0.25, -0.2) is 9.67 Å². The summed E-state index contributed by atoms with van der Waals surface area (Å²) in [6, 6.07) is 7.53. The van der Waals surface area contributed by atoms with Gasteiger partial charge < -0.3 is 14.4 Å². The normalized spacial score (nSPS) is 15.0. The Labute approximate surface area is 200 Å². The number of anilines is 1. The summed E-state index contributed by atoms with van der Waals surface area (Å²) in [5.41, 5.74) is 2.26. The van der Waals surface area contributed by atoms with Crippen molar-refractivity contribution in [3.05, 3.63) is 52.8 Å². The van der Waals surface area contributed by atoms with Gasteiger partial charge in [0.25, 0.3) is 5.91 Å². The average molecular weight is 484 g/mol. The van der Waals surface area contributed by atoms with Crippen LogP contribution < -0.4 is 10.1 Å². The van der Waals surface area contributed by atoms with Crippen LogP contribution in [0.25, 0.3) is 5.69 Å². The van der Waals surface area contributed by atoms with E-state index in [1.807, 2.05) is 30.5 Å². The molecule has 0 aliphatic heterocycles. The van der Waals surface area contributed by atoms with Gasteiger partial charge in [0.15, 0.2) is 10.9 Å². The molecule has 0 radical (unpaired) electrons. The first-order valence-electron chi connectivity index (χ1n) is 10.6. The molecule has 0 saturated carbocycles. The van der Waals surface area contributed by atoms with Gasteiger partial charge in [-0.2, -0.15) is 5.10 Å². The SMILES string of the molecule is COCC(=O)Nc1nc2c(s1)C(=O)CC(C(=O)N(C)Cc1cnn(-c3cccc(OC)c3)c1)C2. The molecule has 1 atom stereocenters. The maximum atomic E-state index is 13.1. The molecule has 1 aliphatic carbocycles. The Hall–Kier alpha value is -3.57. The lowest BCUT2D eigenvalue weighted by atomic mass is 9.89. The van der Waals surface area contributed by atoms with Gasteiger partial charge >= 0.3 is 0 Å². The standard InChI is InChI=1S/C23H25N5O5S/c1-27(11-14-10-24-28(12-14)16-5-4-6-17(9-16)33-3)22(31)15-7-18-21(19(29)8-15)34-23(25-18)26-20(30)13-32-2/h4-6,9-10,12,15H,7-8,11,13H2,1-3H3,(H,25,26,30). The van der Waals surface area contributed by atoms with Gasteiger partial charge in [0.05, 0.1) is 35.5 Å². The van der Waals surface area contributed by atoms with Crippen LogP contribution in [0.15, 0.2) is 36.7 Å². The molecular weight excluding hydrogens is 458 g/mol. The topological polar surface area (TPSA) is 116 Å². The molecule has 2 heterocycles. The number of methoxy groups -OCH3 is 2. The number of thiazole rings is 1. The minimum absolute atomic E-state index is 0.0987. The maximum absolute atomic E-state index is 13.1. The van der Waals surface area contributed by atoms with E-state index < -0.39 is 5.92 Å². The number of hydrogen-bond acceptors (Lipinski definition) is 8. The molecule has 2 amide bonds. The minimum atomic E-state index is -0.497. The van der Waals surface area contributed by atoms with E-state index in [1.54, 1.807) is 29.9 Å². The van der Waals surface area contributed by atoms with Gasteiger partial charge in [0.2, 0.25) is 5.91 Å². The predicted molar refractivity (Wildman–Crippen MR) is 125 cm³/mol. The second kappa shape index (κ2) is 10.1. The number of carbonyl (C=O) groups is 3. The van der Waals surface area contributed by atoms with E-state index in [4.69, 9.17) is 9.47 Å². The van der Waals surface area contributed by atoms with Crippen LogP contribution in [-0.2, 0) is 27.3 Å². The van der Waals surface area contributed by atoms with Crippen molar-refractivity contribution in [2.75, 3.05) is 33.2 Å². The average Bonchev–Trinajstić information content (AvgIpc) is 3.45. The molecule has 4 rings (SSSR count). The molecule has 1 unspecified atom stereocenters. The van der Waals surface area contributed by atoms with Gasteiger partial charge in [-0.1, -0.05) is 17.4 Å². The second-order valence-corrected chi connectivity index (χ2v) is 8.99. The van der Waals surface area contributed by atoms with E-state index in [-0.39, 0.29) is 30.6 Å². The van der Waals surface area contributed by atoms with E-state index in [0.717, 1.165) is 28.3 Å². The molecule has 1 aliphatic rings. The van der Waals surface area contributed by atoms with Crippen molar-refractivity contribution in [3.63, 3.8) is 0 Å². The van der Waals surface area contributed by atoms with Crippen LogP contribution >= 0.6 is 11.3 Å². The van der Waals surface area contributed by atoms with Crippen molar-refractivity contribution in [2.24, 2.45) is 5.92 Å². The number of rotatable bonds is 8. The summed E-state index contributed by atoms with van der Waals surface area (Å²) >= 11 is 1.13. The molecule has 2 aromatic heterocycles.